The Morgan fingerprint density at radius 3 is 3.00 bits per heavy atom. The van der Waals surface area contributed by atoms with Crippen LogP contribution in [0.4, 0.5) is 0 Å². The van der Waals surface area contributed by atoms with Crippen molar-refractivity contribution in [2.75, 3.05) is 0 Å². The third kappa shape index (κ3) is 1.14. The number of hydrogen-bond donors (Lipinski definition) is 1. The summed E-state index contributed by atoms with van der Waals surface area (Å²) in [5.74, 6) is 0.169. The van der Waals surface area contributed by atoms with E-state index in [9.17, 15) is 4.79 Å². The number of imidazole rings is 1. The Hall–Kier alpha value is -1.49. The monoisotopic (exact) mass is 179 g/mol. The van der Waals surface area contributed by atoms with E-state index in [0.717, 1.165) is 0 Å². The quantitative estimate of drug-likeness (QED) is 0.702. The normalized spacial score (nSPS) is 10.0. The molecule has 0 fully saturated rings. The second-order valence-corrected chi connectivity index (χ2v) is 2.86. The molecule has 0 amide bonds. The number of rotatable bonds is 2. The summed E-state index contributed by atoms with van der Waals surface area (Å²) in [4.78, 5) is 21.9. The Kier molecular flexibility index (Phi) is 1.71. The summed E-state index contributed by atoms with van der Waals surface area (Å²) in [7, 11) is 0. The van der Waals surface area contributed by atoms with Gasteiger partial charge in [0.15, 0.2) is 5.82 Å². The number of hydrogen-bond acceptors (Lipinski definition) is 4. The lowest BCUT2D eigenvalue weighted by Crippen LogP contribution is -2.03. The Balaban J connectivity index is 2.34. The van der Waals surface area contributed by atoms with Crippen LogP contribution in [0.3, 0.4) is 0 Å². The van der Waals surface area contributed by atoms with Crippen molar-refractivity contribution in [3.05, 3.63) is 34.8 Å². The molecule has 0 aromatic carbocycles. The van der Waals surface area contributed by atoms with Crippen LogP contribution in [0.1, 0.15) is 16.3 Å². The van der Waals surface area contributed by atoms with E-state index in [1.165, 1.54) is 11.3 Å². The van der Waals surface area contributed by atoms with Crippen molar-refractivity contribution in [3.63, 3.8) is 0 Å². The number of aromatic nitrogens is 3. The molecule has 2 heterocycles. The Morgan fingerprint density at radius 1 is 1.50 bits per heavy atom. The Bertz CT molecular complexity index is 329. The van der Waals surface area contributed by atoms with Gasteiger partial charge in [-0.1, -0.05) is 0 Å². The van der Waals surface area contributed by atoms with Crippen LogP contribution in [0, 0.1) is 0 Å². The molecule has 0 atom stereocenters. The standard InChI is InChI=1S/C7H5N3OS/c11-6(5-3-12-4-10-5)7-8-1-2-9-7/h1-4H,(H,8,9). The molecule has 0 saturated heterocycles. The van der Waals surface area contributed by atoms with Gasteiger partial charge in [-0.05, 0) is 0 Å². The van der Waals surface area contributed by atoms with Crippen molar-refractivity contribution in [3.8, 4) is 0 Å². The van der Waals surface area contributed by atoms with E-state index in [2.05, 4.69) is 15.0 Å². The molecule has 0 aliphatic heterocycles. The van der Waals surface area contributed by atoms with E-state index in [1.54, 1.807) is 23.3 Å². The van der Waals surface area contributed by atoms with E-state index >= 15 is 0 Å². The molecule has 1 N–H and O–H groups in total. The first kappa shape index (κ1) is 7.17. The molecule has 12 heavy (non-hydrogen) atoms. The summed E-state index contributed by atoms with van der Waals surface area (Å²) >= 11 is 1.39. The number of aromatic amines is 1. The van der Waals surface area contributed by atoms with Crippen molar-refractivity contribution < 1.29 is 4.79 Å². The minimum absolute atomic E-state index is 0.166. The maximum Gasteiger partial charge on any atom is 0.247 e. The van der Waals surface area contributed by atoms with Gasteiger partial charge in [0.1, 0.15) is 5.69 Å². The van der Waals surface area contributed by atoms with E-state index in [-0.39, 0.29) is 5.78 Å². The van der Waals surface area contributed by atoms with E-state index in [1.807, 2.05) is 0 Å². The van der Waals surface area contributed by atoms with Crippen molar-refractivity contribution in [1.82, 2.24) is 15.0 Å². The summed E-state index contributed by atoms with van der Waals surface area (Å²) in [5, 5.41) is 1.70. The van der Waals surface area contributed by atoms with Crippen LogP contribution < -0.4 is 0 Å². The van der Waals surface area contributed by atoms with Gasteiger partial charge in [0.25, 0.3) is 0 Å². The largest absolute Gasteiger partial charge is 0.342 e. The predicted octanol–water partition coefficient (Wildman–Crippen LogP) is 1.10. The zero-order valence-electron chi connectivity index (χ0n) is 6.02. The average molecular weight is 179 g/mol. The van der Waals surface area contributed by atoms with Crippen LogP contribution in [0.25, 0.3) is 0 Å². The van der Waals surface area contributed by atoms with Crippen molar-refractivity contribution in [1.29, 1.82) is 0 Å². The highest BCUT2D eigenvalue weighted by Gasteiger charge is 2.12. The van der Waals surface area contributed by atoms with Crippen LogP contribution in [-0.2, 0) is 0 Å². The van der Waals surface area contributed by atoms with E-state index in [0.29, 0.717) is 11.5 Å². The summed E-state index contributed by atoms with van der Waals surface area (Å²) in [5.41, 5.74) is 2.06. The topological polar surface area (TPSA) is 58.6 Å². The SMILES string of the molecule is O=C(c1cscn1)c1ncc[nH]1. The zero-order chi connectivity index (χ0) is 8.39. The molecular weight excluding hydrogens is 174 g/mol. The smallest absolute Gasteiger partial charge is 0.247 e. The van der Waals surface area contributed by atoms with Gasteiger partial charge in [-0.25, -0.2) is 9.97 Å². The molecule has 4 nitrogen and oxygen atoms in total. The molecule has 0 unspecified atom stereocenters. The van der Waals surface area contributed by atoms with Gasteiger partial charge in [-0.15, -0.1) is 11.3 Å². The fraction of sp³-hybridized carbons (Fsp3) is 0. The number of nitrogens with one attached hydrogen (secondary N) is 1. The van der Waals surface area contributed by atoms with Gasteiger partial charge >= 0.3 is 0 Å². The first-order chi connectivity index (χ1) is 5.88. The second-order valence-electron chi connectivity index (χ2n) is 2.14. The van der Waals surface area contributed by atoms with Crippen LogP contribution in [0.15, 0.2) is 23.3 Å². The number of ketones is 1. The van der Waals surface area contributed by atoms with Crippen molar-refractivity contribution in [2.45, 2.75) is 0 Å². The molecule has 0 aliphatic rings. The summed E-state index contributed by atoms with van der Waals surface area (Å²) < 4.78 is 0. The number of carbonyl (C=O) groups excluding carboxylic acids is 1. The Morgan fingerprint density at radius 2 is 2.42 bits per heavy atom. The number of H-pyrrole nitrogens is 1. The van der Waals surface area contributed by atoms with Crippen LogP contribution in [-0.4, -0.2) is 20.7 Å². The summed E-state index contributed by atoms with van der Waals surface area (Å²) in [6, 6.07) is 0. The maximum atomic E-state index is 11.4. The zero-order valence-corrected chi connectivity index (χ0v) is 6.84. The van der Waals surface area contributed by atoms with Gasteiger partial charge < -0.3 is 4.98 Å². The van der Waals surface area contributed by atoms with Gasteiger partial charge in [0.2, 0.25) is 5.78 Å². The van der Waals surface area contributed by atoms with Gasteiger partial charge in [0, 0.05) is 17.8 Å². The molecule has 60 valence electrons. The highest BCUT2D eigenvalue weighted by Crippen LogP contribution is 2.05. The second kappa shape index (κ2) is 2.86. The van der Waals surface area contributed by atoms with Crippen LogP contribution in [0.5, 0.6) is 0 Å². The fourth-order valence-corrected chi connectivity index (χ4v) is 1.37. The molecule has 5 heteroatoms. The molecule has 0 radical (unpaired) electrons. The van der Waals surface area contributed by atoms with Crippen molar-refractivity contribution >= 4 is 17.1 Å². The average Bonchev–Trinajstić information content (AvgIpc) is 2.77. The van der Waals surface area contributed by atoms with Gasteiger partial charge in [0.05, 0.1) is 5.51 Å². The number of nitrogens with zero attached hydrogens (tertiary/aromatic N) is 2. The van der Waals surface area contributed by atoms with Gasteiger partial charge in [-0.2, -0.15) is 0 Å². The van der Waals surface area contributed by atoms with E-state index < -0.39 is 0 Å². The number of carbonyl (C=O) groups is 1. The molecule has 0 aliphatic carbocycles. The molecule has 2 aromatic rings. The van der Waals surface area contributed by atoms with Crippen LogP contribution >= 0.6 is 11.3 Å². The third-order valence-electron chi connectivity index (χ3n) is 1.38. The lowest BCUT2D eigenvalue weighted by atomic mass is 10.3. The molecule has 0 spiro atoms. The van der Waals surface area contributed by atoms with Gasteiger partial charge in [-0.3, -0.25) is 4.79 Å². The molecule has 2 aromatic heterocycles. The lowest BCUT2D eigenvalue weighted by molar-refractivity contribution is 0.102. The highest BCUT2D eigenvalue weighted by molar-refractivity contribution is 7.07. The molecule has 0 saturated carbocycles. The van der Waals surface area contributed by atoms with E-state index in [4.69, 9.17) is 0 Å². The molecule has 0 bridgehead atoms. The molecular formula is C7H5N3OS. The third-order valence-corrected chi connectivity index (χ3v) is 1.96. The van der Waals surface area contributed by atoms with Crippen LogP contribution in [0.2, 0.25) is 0 Å². The molecule has 2 rings (SSSR count). The summed E-state index contributed by atoms with van der Waals surface area (Å²) in [6.07, 6.45) is 3.15. The Labute approximate surface area is 72.3 Å². The lowest BCUT2D eigenvalue weighted by Gasteiger charge is -1.88. The first-order valence-corrected chi connectivity index (χ1v) is 4.24. The minimum atomic E-state index is -0.166. The number of thiazole rings is 1. The minimum Gasteiger partial charge on any atom is -0.342 e. The highest BCUT2D eigenvalue weighted by atomic mass is 32.1. The first-order valence-electron chi connectivity index (χ1n) is 3.30. The maximum absolute atomic E-state index is 11.4. The van der Waals surface area contributed by atoms with Crippen molar-refractivity contribution in [2.24, 2.45) is 0 Å². The summed E-state index contributed by atoms with van der Waals surface area (Å²) in [6.45, 7) is 0. The fourth-order valence-electron chi connectivity index (χ4n) is 0.835. The predicted molar refractivity (Wildman–Crippen MR) is 44.1 cm³/mol.